The second kappa shape index (κ2) is 10.4. The molecule has 3 unspecified atom stereocenters. The van der Waals surface area contributed by atoms with E-state index in [0.29, 0.717) is 36.2 Å². The number of sulfonamides is 1. The van der Waals surface area contributed by atoms with Crippen LogP contribution in [0.5, 0.6) is 11.5 Å². The van der Waals surface area contributed by atoms with Crippen LogP contribution in [0.15, 0.2) is 41.3 Å². The molecule has 7 nitrogen and oxygen atoms in total. The van der Waals surface area contributed by atoms with Crippen molar-refractivity contribution in [3.8, 4) is 11.5 Å². The number of carbonyl (C=O) groups is 1. The summed E-state index contributed by atoms with van der Waals surface area (Å²) in [4.78, 5) is 15.5. The van der Waals surface area contributed by atoms with Gasteiger partial charge < -0.3 is 14.7 Å². The van der Waals surface area contributed by atoms with E-state index in [1.165, 1.54) is 21.2 Å². The summed E-state index contributed by atoms with van der Waals surface area (Å²) in [5.41, 5.74) is 2.11. The first-order chi connectivity index (χ1) is 15.9. The van der Waals surface area contributed by atoms with Crippen LogP contribution in [0.25, 0.3) is 0 Å². The van der Waals surface area contributed by atoms with Crippen LogP contribution in [0.2, 0.25) is 0 Å². The number of amides is 1. The van der Waals surface area contributed by atoms with Crippen molar-refractivity contribution in [2.75, 3.05) is 34.3 Å². The van der Waals surface area contributed by atoms with Crippen LogP contribution in [0.4, 0.5) is 0 Å². The number of carbonyl (C=O) groups excluding carboxylic acids is 1. The number of ether oxygens (including phenoxy) is 1. The molecule has 0 spiro atoms. The Morgan fingerprint density at radius 3 is 2.26 bits per heavy atom. The van der Waals surface area contributed by atoms with Crippen molar-refractivity contribution >= 4 is 15.9 Å². The van der Waals surface area contributed by atoms with Gasteiger partial charge in [-0.1, -0.05) is 26.0 Å². The Balaban J connectivity index is 2.04. The Kier molecular flexibility index (Phi) is 7.93. The zero-order valence-electron chi connectivity index (χ0n) is 20.9. The minimum atomic E-state index is -3.58. The Morgan fingerprint density at radius 2 is 1.74 bits per heavy atom. The van der Waals surface area contributed by atoms with Crippen molar-refractivity contribution in [2.24, 2.45) is 11.8 Å². The molecule has 0 saturated carbocycles. The maximum absolute atomic E-state index is 13.4. The lowest BCUT2D eigenvalue weighted by atomic mass is 9.85. The zero-order valence-corrected chi connectivity index (χ0v) is 21.7. The lowest BCUT2D eigenvalue weighted by Crippen LogP contribution is -2.43. The number of methoxy groups -OCH3 is 1. The minimum Gasteiger partial charge on any atom is -0.507 e. The number of hydrogen-bond donors (Lipinski definition) is 1. The molecule has 1 aliphatic heterocycles. The molecule has 1 fully saturated rings. The van der Waals surface area contributed by atoms with Crippen molar-refractivity contribution in [3.05, 3.63) is 53.1 Å². The molecule has 2 aromatic carbocycles. The van der Waals surface area contributed by atoms with Crippen LogP contribution in [0.3, 0.4) is 0 Å². The van der Waals surface area contributed by atoms with Crippen molar-refractivity contribution in [1.82, 2.24) is 9.21 Å². The lowest BCUT2D eigenvalue weighted by molar-refractivity contribution is -0.134. The van der Waals surface area contributed by atoms with E-state index in [4.69, 9.17) is 4.74 Å². The standard InChI is InChI=1S/C26H36N2O5S/c1-17-12-23(29)26(24(13-17)33-6)22(14-25(30)28-15-18(2)11-19(3)16-28)20-7-9-21(10-8-20)34(31,32)27(4)5/h7-10,12-13,18-19,22,29H,11,14-16H2,1-6H3. The largest absolute Gasteiger partial charge is 0.507 e. The van der Waals surface area contributed by atoms with Crippen LogP contribution in [0.1, 0.15) is 49.3 Å². The fourth-order valence-corrected chi connectivity index (χ4v) is 5.81. The van der Waals surface area contributed by atoms with Gasteiger partial charge in [0, 0.05) is 45.1 Å². The molecule has 1 heterocycles. The van der Waals surface area contributed by atoms with Gasteiger partial charge in [-0.2, -0.15) is 0 Å². The van der Waals surface area contributed by atoms with Crippen LogP contribution in [-0.4, -0.2) is 62.9 Å². The predicted molar refractivity (Wildman–Crippen MR) is 133 cm³/mol. The van der Waals surface area contributed by atoms with E-state index in [9.17, 15) is 18.3 Å². The maximum atomic E-state index is 13.4. The number of benzene rings is 2. The van der Waals surface area contributed by atoms with Crippen molar-refractivity contribution in [2.45, 2.75) is 44.4 Å². The molecule has 1 aliphatic rings. The molecule has 0 bridgehead atoms. The highest BCUT2D eigenvalue weighted by molar-refractivity contribution is 7.89. The van der Waals surface area contributed by atoms with Crippen LogP contribution < -0.4 is 4.74 Å². The number of aromatic hydroxyl groups is 1. The third-order valence-corrected chi connectivity index (χ3v) is 8.32. The van der Waals surface area contributed by atoms with Gasteiger partial charge in [0.25, 0.3) is 0 Å². The Labute approximate surface area is 203 Å². The molecular formula is C26H36N2O5S. The molecule has 2 aromatic rings. The van der Waals surface area contributed by atoms with Crippen molar-refractivity contribution in [3.63, 3.8) is 0 Å². The van der Waals surface area contributed by atoms with Gasteiger partial charge in [0.15, 0.2) is 0 Å². The summed E-state index contributed by atoms with van der Waals surface area (Å²) in [6.45, 7) is 7.61. The van der Waals surface area contributed by atoms with Crippen LogP contribution in [-0.2, 0) is 14.8 Å². The highest BCUT2D eigenvalue weighted by Gasteiger charge is 2.31. The third kappa shape index (κ3) is 5.55. The second-order valence-corrected chi connectivity index (χ2v) is 11.9. The number of hydrogen-bond acceptors (Lipinski definition) is 5. The topological polar surface area (TPSA) is 87.1 Å². The number of phenolic OH excluding ortho intramolecular Hbond substituents is 1. The van der Waals surface area contributed by atoms with Gasteiger partial charge in [-0.3, -0.25) is 4.79 Å². The Bertz CT molecular complexity index is 1120. The number of piperidine rings is 1. The first kappa shape index (κ1) is 26.0. The molecule has 1 N–H and O–H groups in total. The minimum absolute atomic E-state index is 0.00965. The number of likely N-dealkylation sites (tertiary alicyclic amines) is 1. The second-order valence-electron chi connectivity index (χ2n) is 9.76. The average molecular weight is 489 g/mol. The number of aryl methyl sites for hydroxylation is 1. The zero-order chi connectivity index (χ0) is 25.2. The molecule has 8 heteroatoms. The molecule has 0 aromatic heterocycles. The van der Waals surface area contributed by atoms with E-state index >= 15 is 0 Å². The van der Waals surface area contributed by atoms with E-state index in [2.05, 4.69) is 13.8 Å². The summed E-state index contributed by atoms with van der Waals surface area (Å²) in [6.07, 6.45) is 1.24. The first-order valence-corrected chi connectivity index (χ1v) is 13.1. The molecule has 3 rings (SSSR count). The SMILES string of the molecule is COc1cc(C)cc(O)c1C(CC(=O)N1CC(C)CC(C)C1)c1ccc(S(=O)(=O)N(C)C)cc1. The van der Waals surface area contributed by atoms with Gasteiger partial charge in [-0.05, 0) is 60.6 Å². The number of rotatable bonds is 7. The lowest BCUT2D eigenvalue weighted by Gasteiger charge is -2.36. The average Bonchev–Trinajstić information content (AvgIpc) is 2.76. The summed E-state index contributed by atoms with van der Waals surface area (Å²) >= 11 is 0. The molecule has 34 heavy (non-hydrogen) atoms. The summed E-state index contributed by atoms with van der Waals surface area (Å²) in [6, 6.07) is 10.0. The summed E-state index contributed by atoms with van der Waals surface area (Å²) in [5.74, 6) is 0.941. The van der Waals surface area contributed by atoms with E-state index in [-0.39, 0.29) is 23.0 Å². The molecule has 0 aliphatic carbocycles. The number of nitrogens with zero attached hydrogens (tertiary/aromatic N) is 2. The third-order valence-electron chi connectivity index (χ3n) is 6.49. The van der Waals surface area contributed by atoms with Gasteiger partial charge in [0.2, 0.25) is 15.9 Å². The van der Waals surface area contributed by atoms with Gasteiger partial charge >= 0.3 is 0 Å². The summed E-state index contributed by atoms with van der Waals surface area (Å²) in [7, 11) is 0.933. The van der Waals surface area contributed by atoms with Gasteiger partial charge in [-0.25, -0.2) is 12.7 Å². The van der Waals surface area contributed by atoms with Crippen molar-refractivity contribution < 1.29 is 23.1 Å². The molecule has 0 radical (unpaired) electrons. The molecule has 186 valence electrons. The first-order valence-electron chi connectivity index (χ1n) is 11.6. The number of phenols is 1. The molecule has 1 saturated heterocycles. The summed E-state index contributed by atoms with van der Waals surface area (Å²) in [5, 5.41) is 10.9. The van der Waals surface area contributed by atoms with E-state index < -0.39 is 15.9 Å². The maximum Gasteiger partial charge on any atom is 0.242 e. The van der Waals surface area contributed by atoms with Gasteiger partial charge in [0.05, 0.1) is 12.0 Å². The highest BCUT2D eigenvalue weighted by Crippen LogP contribution is 2.42. The van der Waals surface area contributed by atoms with Crippen molar-refractivity contribution in [1.29, 1.82) is 0 Å². The fraction of sp³-hybridized carbons (Fsp3) is 0.500. The smallest absolute Gasteiger partial charge is 0.242 e. The Hall–Kier alpha value is -2.58. The van der Waals surface area contributed by atoms with E-state index in [0.717, 1.165) is 21.9 Å². The highest BCUT2D eigenvalue weighted by atomic mass is 32.2. The predicted octanol–water partition coefficient (Wildman–Crippen LogP) is 3.99. The molecular weight excluding hydrogens is 452 g/mol. The molecule has 3 atom stereocenters. The van der Waals surface area contributed by atoms with Crippen LogP contribution in [0, 0.1) is 18.8 Å². The van der Waals surface area contributed by atoms with Crippen LogP contribution >= 0.6 is 0 Å². The quantitative estimate of drug-likeness (QED) is 0.637. The summed E-state index contributed by atoms with van der Waals surface area (Å²) < 4.78 is 31.8. The van der Waals surface area contributed by atoms with Gasteiger partial charge in [0.1, 0.15) is 11.5 Å². The molecule has 1 amide bonds. The van der Waals surface area contributed by atoms with E-state index in [1.54, 1.807) is 30.3 Å². The fourth-order valence-electron chi connectivity index (χ4n) is 4.90. The normalized spacial score (nSPS) is 19.8. The van der Waals surface area contributed by atoms with Gasteiger partial charge in [-0.15, -0.1) is 0 Å². The van der Waals surface area contributed by atoms with E-state index in [1.807, 2.05) is 17.9 Å². The Morgan fingerprint density at radius 1 is 1.15 bits per heavy atom. The monoisotopic (exact) mass is 488 g/mol.